The van der Waals surface area contributed by atoms with Crippen LogP contribution in [0.4, 0.5) is 5.69 Å². The largest absolute Gasteiger partial charge is 0.452 e. The maximum absolute atomic E-state index is 12.9. The molecule has 35 heavy (non-hydrogen) atoms. The molecule has 1 fully saturated rings. The minimum Gasteiger partial charge on any atom is -0.452 e. The summed E-state index contributed by atoms with van der Waals surface area (Å²) in [4.78, 5) is 53.5. The van der Waals surface area contributed by atoms with E-state index in [1.165, 1.54) is 29.2 Å². The molecule has 0 saturated carbocycles. The number of esters is 1. The molecule has 2 aliphatic rings. The van der Waals surface area contributed by atoms with Gasteiger partial charge in [0.1, 0.15) is 0 Å². The Morgan fingerprint density at radius 3 is 2.29 bits per heavy atom. The van der Waals surface area contributed by atoms with E-state index in [1.807, 2.05) is 13.8 Å². The van der Waals surface area contributed by atoms with Crippen molar-refractivity contribution < 1.29 is 32.3 Å². The monoisotopic (exact) mass is 498 g/mol. The Labute approximate surface area is 203 Å². The first kappa shape index (κ1) is 24.6. The summed E-state index contributed by atoms with van der Waals surface area (Å²) in [6.07, 6.45) is 0.358. The van der Waals surface area contributed by atoms with Gasteiger partial charge in [0, 0.05) is 12.6 Å². The van der Waals surface area contributed by atoms with E-state index in [0.717, 1.165) is 4.90 Å². The van der Waals surface area contributed by atoms with Crippen LogP contribution in [0.15, 0.2) is 48.5 Å². The molecule has 0 radical (unpaired) electrons. The van der Waals surface area contributed by atoms with Crippen molar-refractivity contribution in [1.82, 2.24) is 4.90 Å². The van der Waals surface area contributed by atoms with Gasteiger partial charge >= 0.3 is 5.97 Å². The van der Waals surface area contributed by atoms with Gasteiger partial charge in [-0.3, -0.25) is 14.4 Å². The Hall–Kier alpha value is -3.53. The van der Waals surface area contributed by atoms with E-state index in [9.17, 15) is 27.6 Å². The van der Waals surface area contributed by atoms with Gasteiger partial charge in [-0.2, -0.15) is 0 Å². The Balaban J connectivity index is 1.45. The average Bonchev–Trinajstić information content (AvgIpc) is 3.31. The van der Waals surface area contributed by atoms with Crippen molar-refractivity contribution in [3.63, 3.8) is 0 Å². The number of fused-ring (bicyclic) bond motifs is 1. The van der Waals surface area contributed by atoms with Crippen LogP contribution in [0.25, 0.3) is 0 Å². The number of ether oxygens (including phenoxy) is 1. The number of carbonyl (C=O) groups is 4. The van der Waals surface area contributed by atoms with Gasteiger partial charge in [-0.05, 0) is 42.7 Å². The number of rotatable bonds is 7. The van der Waals surface area contributed by atoms with Crippen molar-refractivity contribution in [3.05, 3.63) is 65.2 Å². The van der Waals surface area contributed by atoms with E-state index < -0.39 is 46.2 Å². The fourth-order valence-corrected chi connectivity index (χ4v) is 6.09. The van der Waals surface area contributed by atoms with Gasteiger partial charge in [-0.1, -0.05) is 32.0 Å². The summed E-state index contributed by atoms with van der Waals surface area (Å²) >= 11 is 0. The molecule has 3 amide bonds. The number of benzene rings is 2. The molecule has 0 N–H and O–H groups in total. The highest BCUT2D eigenvalue weighted by Gasteiger charge is 2.37. The lowest BCUT2D eigenvalue weighted by molar-refractivity contribution is -0.137. The standard InChI is InChI=1S/C25H26N2O7S/c1-16(2)13-26(19-10-11-35(32,33)15-19)22(28)14-34-25(31)17-6-5-7-18(12-17)27-23(29)20-8-3-4-9-21(20)24(27)30/h3-9,12,16,19H,10-11,13-15H2,1-2H3. The Bertz CT molecular complexity index is 1270. The molecule has 9 nitrogen and oxygen atoms in total. The predicted octanol–water partition coefficient (Wildman–Crippen LogP) is 2.32. The molecule has 1 atom stereocenters. The molecule has 0 aliphatic carbocycles. The highest BCUT2D eigenvalue weighted by Crippen LogP contribution is 2.29. The summed E-state index contributed by atoms with van der Waals surface area (Å²) in [5, 5.41) is 0. The highest BCUT2D eigenvalue weighted by atomic mass is 32.2. The zero-order valence-electron chi connectivity index (χ0n) is 19.5. The molecule has 10 heteroatoms. The van der Waals surface area contributed by atoms with Crippen LogP contribution in [0.1, 0.15) is 51.3 Å². The zero-order chi connectivity index (χ0) is 25.3. The smallest absolute Gasteiger partial charge is 0.338 e. The predicted molar refractivity (Wildman–Crippen MR) is 128 cm³/mol. The second-order valence-electron chi connectivity index (χ2n) is 9.11. The number of imide groups is 1. The molecule has 0 bridgehead atoms. The first-order chi connectivity index (χ1) is 16.6. The third-order valence-corrected chi connectivity index (χ3v) is 7.74. The molecule has 2 heterocycles. The van der Waals surface area contributed by atoms with E-state index in [2.05, 4.69) is 0 Å². The van der Waals surface area contributed by atoms with E-state index in [4.69, 9.17) is 4.74 Å². The molecular weight excluding hydrogens is 472 g/mol. The third kappa shape index (κ3) is 5.12. The molecule has 1 unspecified atom stereocenters. The Morgan fingerprint density at radius 2 is 1.71 bits per heavy atom. The van der Waals surface area contributed by atoms with Crippen LogP contribution < -0.4 is 4.90 Å². The molecular formula is C25H26N2O7S. The number of sulfone groups is 1. The lowest BCUT2D eigenvalue weighted by Gasteiger charge is -2.29. The normalized spacial score (nSPS) is 18.6. The maximum Gasteiger partial charge on any atom is 0.338 e. The van der Waals surface area contributed by atoms with E-state index in [1.54, 1.807) is 24.3 Å². The topological polar surface area (TPSA) is 118 Å². The lowest BCUT2D eigenvalue weighted by Crippen LogP contribution is -2.45. The zero-order valence-corrected chi connectivity index (χ0v) is 20.3. The summed E-state index contributed by atoms with van der Waals surface area (Å²) < 4.78 is 29.0. The summed E-state index contributed by atoms with van der Waals surface area (Å²) in [6.45, 7) is 3.64. The maximum atomic E-state index is 12.9. The molecule has 0 spiro atoms. The molecule has 0 aromatic heterocycles. The van der Waals surface area contributed by atoms with Gasteiger partial charge < -0.3 is 9.64 Å². The quantitative estimate of drug-likeness (QED) is 0.425. The number of amides is 3. The summed E-state index contributed by atoms with van der Waals surface area (Å²) in [5.74, 6) is -2.18. The highest BCUT2D eigenvalue weighted by molar-refractivity contribution is 7.91. The van der Waals surface area contributed by atoms with Crippen molar-refractivity contribution in [2.45, 2.75) is 26.3 Å². The fourth-order valence-electron chi connectivity index (χ4n) is 4.36. The van der Waals surface area contributed by atoms with Gasteiger partial charge in [0.15, 0.2) is 16.4 Å². The van der Waals surface area contributed by atoms with Crippen molar-refractivity contribution in [2.24, 2.45) is 5.92 Å². The van der Waals surface area contributed by atoms with E-state index in [0.29, 0.717) is 13.0 Å². The summed E-state index contributed by atoms with van der Waals surface area (Å²) in [7, 11) is -3.19. The molecule has 184 valence electrons. The minimum absolute atomic E-state index is 0.0317. The van der Waals surface area contributed by atoms with Gasteiger partial charge in [-0.15, -0.1) is 0 Å². The van der Waals surface area contributed by atoms with Gasteiger partial charge in [0.05, 0.1) is 33.9 Å². The van der Waals surface area contributed by atoms with Crippen molar-refractivity contribution >= 4 is 39.2 Å². The molecule has 2 aliphatic heterocycles. The van der Waals surface area contributed by atoms with Crippen LogP contribution in [-0.2, 0) is 19.4 Å². The van der Waals surface area contributed by atoms with Gasteiger partial charge in [0.25, 0.3) is 17.7 Å². The number of carbonyl (C=O) groups excluding carboxylic acids is 4. The van der Waals surface area contributed by atoms with Crippen LogP contribution in [0.5, 0.6) is 0 Å². The lowest BCUT2D eigenvalue weighted by atomic mass is 10.1. The minimum atomic E-state index is -3.19. The van der Waals surface area contributed by atoms with Crippen LogP contribution in [0, 0.1) is 5.92 Å². The molecule has 2 aromatic rings. The van der Waals surface area contributed by atoms with Gasteiger partial charge in [0.2, 0.25) is 0 Å². The molecule has 1 saturated heterocycles. The van der Waals surface area contributed by atoms with E-state index >= 15 is 0 Å². The third-order valence-electron chi connectivity index (χ3n) is 5.99. The second kappa shape index (κ2) is 9.61. The first-order valence-corrected chi connectivity index (χ1v) is 13.1. The number of hydrogen-bond acceptors (Lipinski definition) is 7. The summed E-state index contributed by atoms with van der Waals surface area (Å²) in [6, 6.07) is 11.9. The first-order valence-electron chi connectivity index (χ1n) is 11.3. The van der Waals surface area contributed by atoms with Crippen LogP contribution in [-0.4, -0.2) is 67.7 Å². The van der Waals surface area contributed by atoms with Crippen LogP contribution in [0.2, 0.25) is 0 Å². The van der Waals surface area contributed by atoms with Crippen LogP contribution in [0.3, 0.4) is 0 Å². The average molecular weight is 499 g/mol. The van der Waals surface area contributed by atoms with Gasteiger partial charge in [-0.25, -0.2) is 18.1 Å². The van der Waals surface area contributed by atoms with Crippen molar-refractivity contribution in [1.29, 1.82) is 0 Å². The van der Waals surface area contributed by atoms with Crippen LogP contribution >= 0.6 is 0 Å². The molecule has 4 rings (SSSR count). The second-order valence-corrected chi connectivity index (χ2v) is 11.3. The van der Waals surface area contributed by atoms with E-state index in [-0.39, 0.29) is 39.8 Å². The fraction of sp³-hybridized carbons (Fsp3) is 0.360. The Morgan fingerprint density at radius 1 is 1.06 bits per heavy atom. The number of anilines is 1. The van der Waals surface area contributed by atoms with Crippen molar-refractivity contribution in [2.75, 3.05) is 29.6 Å². The molecule has 2 aromatic carbocycles. The SMILES string of the molecule is CC(C)CN(C(=O)COC(=O)c1cccc(N2C(=O)c3ccccc3C2=O)c1)C1CCS(=O)(=O)C1. The number of nitrogens with zero attached hydrogens (tertiary/aromatic N) is 2. The summed E-state index contributed by atoms with van der Waals surface area (Å²) in [5.41, 5.74) is 0.866. The number of hydrogen-bond donors (Lipinski definition) is 0. The Kier molecular flexibility index (Phi) is 6.75. The van der Waals surface area contributed by atoms with Crippen molar-refractivity contribution in [3.8, 4) is 0 Å².